The van der Waals surface area contributed by atoms with Crippen LogP contribution in [0.15, 0.2) is 28.4 Å². The Hall–Kier alpha value is -2.29. The fourth-order valence-corrected chi connectivity index (χ4v) is 3.18. The molecule has 126 valence electrons. The van der Waals surface area contributed by atoms with E-state index in [9.17, 15) is 13.6 Å². The summed E-state index contributed by atoms with van der Waals surface area (Å²) in [6.07, 6.45) is 9.41. The van der Waals surface area contributed by atoms with Gasteiger partial charge in [0, 0.05) is 37.3 Å². The lowest BCUT2D eigenvalue weighted by Crippen LogP contribution is -2.51. The van der Waals surface area contributed by atoms with Crippen LogP contribution in [0.25, 0.3) is 0 Å². The second kappa shape index (κ2) is 6.31. The number of carbonyl (C=O) groups excluding carboxylic acids is 1. The summed E-state index contributed by atoms with van der Waals surface area (Å²) >= 11 is 0. The summed E-state index contributed by atoms with van der Waals surface area (Å²) in [7, 11) is 0. The summed E-state index contributed by atoms with van der Waals surface area (Å²) in [4.78, 5) is 12.3. The highest BCUT2D eigenvalue weighted by atomic mass is 19.1. The lowest BCUT2D eigenvalue weighted by atomic mass is 9.71. The molecule has 1 aliphatic carbocycles. The minimum atomic E-state index is -0.724. The number of nitrogens with zero attached hydrogens (tertiary/aromatic N) is 2. The van der Waals surface area contributed by atoms with Gasteiger partial charge in [-0.2, -0.15) is 10.2 Å². The van der Waals surface area contributed by atoms with E-state index in [1.807, 2.05) is 0 Å². The molecular weight excluding hydrogens is 312 g/mol. The highest BCUT2D eigenvalue weighted by molar-refractivity contribution is 5.77. The topological polar surface area (TPSA) is 53.8 Å². The summed E-state index contributed by atoms with van der Waals surface area (Å²) in [6.45, 7) is 0. The maximum Gasteiger partial charge on any atom is 0.220 e. The predicted octanol–water partition coefficient (Wildman–Crippen LogP) is 3.82. The zero-order chi connectivity index (χ0) is 17.2. The Morgan fingerprint density at radius 3 is 2.58 bits per heavy atom. The predicted molar refractivity (Wildman–Crippen MR) is 84.9 cm³/mol. The SMILES string of the molecule is C#CCCC1(CCC(=O)NC2(c3ccc(F)cc3F)CCC2)N=N1. The Bertz CT molecular complexity index is 713. The third-order valence-electron chi connectivity index (χ3n) is 4.84. The lowest BCUT2D eigenvalue weighted by Gasteiger charge is -2.43. The molecule has 1 amide bonds. The van der Waals surface area contributed by atoms with E-state index in [2.05, 4.69) is 21.5 Å². The van der Waals surface area contributed by atoms with Crippen LogP contribution in [0.1, 0.15) is 50.5 Å². The molecule has 1 N–H and O–H groups in total. The van der Waals surface area contributed by atoms with Crippen LogP contribution < -0.4 is 5.32 Å². The number of rotatable bonds is 7. The van der Waals surface area contributed by atoms with Gasteiger partial charge in [0.2, 0.25) is 5.91 Å². The molecule has 24 heavy (non-hydrogen) atoms. The first-order chi connectivity index (χ1) is 11.5. The summed E-state index contributed by atoms with van der Waals surface area (Å²) in [6, 6.07) is 3.50. The molecular formula is C18H19F2N3O. The zero-order valence-electron chi connectivity index (χ0n) is 13.3. The van der Waals surface area contributed by atoms with E-state index >= 15 is 0 Å². The number of terminal acetylenes is 1. The Kier molecular flexibility index (Phi) is 4.35. The molecule has 0 spiro atoms. The maximum atomic E-state index is 14.1. The Morgan fingerprint density at radius 1 is 1.29 bits per heavy atom. The van der Waals surface area contributed by atoms with Crippen molar-refractivity contribution < 1.29 is 13.6 Å². The fourth-order valence-electron chi connectivity index (χ4n) is 3.18. The normalized spacial score (nSPS) is 19.2. The molecule has 0 radical (unpaired) electrons. The van der Waals surface area contributed by atoms with Gasteiger partial charge in [-0.3, -0.25) is 4.79 Å². The highest BCUT2D eigenvalue weighted by Gasteiger charge is 2.43. The number of halogens is 2. The van der Waals surface area contributed by atoms with Crippen LogP contribution in [-0.2, 0) is 10.3 Å². The second-order valence-electron chi connectivity index (χ2n) is 6.49. The molecule has 3 rings (SSSR count). The minimum Gasteiger partial charge on any atom is -0.346 e. The van der Waals surface area contributed by atoms with Crippen molar-refractivity contribution in [1.82, 2.24) is 5.32 Å². The van der Waals surface area contributed by atoms with Gasteiger partial charge in [-0.1, -0.05) is 6.07 Å². The average molecular weight is 331 g/mol. The largest absolute Gasteiger partial charge is 0.346 e. The monoisotopic (exact) mass is 331 g/mol. The molecule has 4 nitrogen and oxygen atoms in total. The molecule has 1 aliphatic heterocycles. The van der Waals surface area contributed by atoms with Crippen molar-refractivity contribution in [2.75, 3.05) is 0 Å². The van der Waals surface area contributed by atoms with E-state index in [1.165, 1.54) is 12.1 Å². The highest BCUT2D eigenvalue weighted by Crippen LogP contribution is 2.43. The molecule has 1 aromatic rings. The number of hydrogen-bond donors (Lipinski definition) is 1. The molecule has 1 heterocycles. The molecule has 0 unspecified atom stereocenters. The second-order valence-corrected chi connectivity index (χ2v) is 6.49. The third kappa shape index (κ3) is 3.30. The van der Waals surface area contributed by atoms with E-state index < -0.39 is 22.8 Å². The van der Waals surface area contributed by atoms with E-state index in [0.717, 1.165) is 12.5 Å². The molecule has 1 fully saturated rings. The standard InChI is InChI=1S/C18H19F2N3O/c1-2-3-10-18(22-23-18)11-7-16(24)21-17(8-4-9-17)14-6-5-13(19)12-15(14)20/h1,5-6,12H,3-4,7-11H2,(H,21,24). The van der Waals surface area contributed by atoms with Crippen molar-refractivity contribution in [3.63, 3.8) is 0 Å². The summed E-state index contributed by atoms with van der Waals surface area (Å²) < 4.78 is 27.2. The van der Waals surface area contributed by atoms with Gasteiger partial charge in [0.25, 0.3) is 0 Å². The van der Waals surface area contributed by atoms with Crippen LogP contribution in [0.5, 0.6) is 0 Å². The van der Waals surface area contributed by atoms with Gasteiger partial charge in [0.15, 0.2) is 5.66 Å². The number of carbonyl (C=O) groups is 1. The molecule has 0 aromatic heterocycles. The van der Waals surface area contributed by atoms with Crippen molar-refractivity contribution in [1.29, 1.82) is 0 Å². The summed E-state index contributed by atoms with van der Waals surface area (Å²) in [5.74, 6) is 1.14. The van der Waals surface area contributed by atoms with Crippen molar-refractivity contribution in [2.45, 2.75) is 56.1 Å². The van der Waals surface area contributed by atoms with Crippen LogP contribution in [-0.4, -0.2) is 11.6 Å². The van der Waals surface area contributed by atoms with E-state index in [0.29, 0.717) is 37.7 Å². The van der Waals surface area contributed by atoms with Crippen LogP contribution in [0.4, 0.5) is 8.78 Å². The van der Waals surface area contributed by atoms with Crippen molar-refractivity contribution >= 4 is 5.91 Å². The molecule has 0 atom stereocenters. The average Bonchev–Trinajstić information content (AvgIpc) is 3.28. The van der Waals surface area contributed by atoms with Gasteiger partial charge in [-0.15, -0.1) is 12.3 Å². The van der Waals surface area contributed by atoms with Gasteiger partial charge in [-0.25, -0.2) is 8.78 Å². The first-order valence-electron chi connectivity index (χ1n) is 8.13. The molecule has 0 bridgehead atoms. The van der Waals surface area contributed by atoms with Gasteiger partial charge in [0.1, 0.15) is 11.6 Å². The maximum absolute atomic E-state index is 14.1. The number of hydrogen-bond acceptors (Lipinski definition) is 3. The van der Waals surface area contributed by atoms with E-state index in [4.69, 9.17) is 6.42 Å². The van der Waals surface area contributed by atoms with Crippen molar-refractivity contribution in [2.24, 2.45) is 10.2 Å². The fraction of sp³-hybridized carbons (Fsp3) is 0.500. The minimum absolute atomic E-state index is 0.171. The Labute approximate surface area is 139 Å². The number of nitrogens with one attached hydrogen (secondary N) is 1. The molecule has 1 saturated carbocycles. The Morgan fingerprint density at radius 2 is 2.04 bits per heavy atom. The van der Waals surface area contributed by atoms with Crippen LogP contribution in [0.2, 0.25) is 0 Å². The van der Waals surface area contributed by atoms with Crippen LogP contribution in [0.3, 0.4) is 0 Å². The number of amides is 1. The molecule has 0 saturated heterocycles. The number of benzene rings is 1. The van der Waals surface area contributed by atoms with Gasteiger partial charge in [0.05, 0.1) is 5.54 Å². The van der Waals surface area contributed by atoms with Crippen LogP contribution in [0, 0.1) is 24.0 Å². The van der Waals surface area contributed by atoms with Crippen LogP contribution >= 0.6 is 0 Å². The first-order valence-corrected chi connectivity index (χ1v) is 8.13. The van der Waals surface area contributed by atoms with Crippen molar-refractivity contribution in [3.05, 3.63) is 35.4 Å². The zero-order valence-corrected chi connectivity index (χ0v) is 13.3. The van der Waals surface area contributed by atoms with E-state index in [-0.39, 0.29) is 12.3 Å². The summed E-state index contributed by atoms with van der Waals surface area (Å²) in [5.41, 5.74) is -0.873. The van der Waals surface area contributed by atoms with Gasteiger partial charge in [-0.05, 0) is 25.3 Å². The first kappa shape index (κ1) is 16.6. The third-order valence-corrected chi connectivity index (χ3v) is 4.84. The quantitative estimate of drug-likeness (QED) is 0.759. The summed E-state index contributed by atoms with van der Waals surface area (Å²) in [5, 5.41) is 10.9. The molecule has 2 aliphatic rings. The van der Waals surface area contributed by atoms with Gasteiger partial charge >= 0.3 is 0 Å². The van der Waals surface area contributed by atoms with Gasteiger partial charge < -0.3 is 5.32 Å². The van der Waals surface area contributed by atoms with Crippen molar-refractivity contribution in [3.8, 4) is 12.3 Å². The Balaban J connectivity index is 1.61. The van der Waals surface area contributed by atoms with E-state index in [1.54, 1.807) is 0 Å². The smallest absolute Gasteiger partial charge is 0.220 e. The molecule has 6 heteroatoms. The lowest BCUT2D eigenvalue weighted by molar-refractivity contribution is -0.124. The molecule has 1 aromatic carbocycles.